The van der Waals surface area contributed by atoms with Gasteiger partial charge in [0.1, 0.15) is 0 Å². The summed E-state index contributed by atoms with van der Waals surface area (Å²) in [5.74, 6) is 2.74. The zero-order chi connectivity index (χ0) is 25.7. The van der Waals surface area contributed by atoms with Crippen molar-refractivity contribution in [3.8, 4) is 17.2 Å². The summed E-state index contributed by atoms with van der Waals surface area (Å²) in [4.78, 5) is 0. The standard InChI is InChI=1S/C19H23O3.3C4H9.Sn/c1-14(2)21-18-11-10-17(12-19(18)22-15(3)4)20-13-16-8-6-5-7-9-16;3*1-3-4-2;/h5-9,11-12,14-15H,13H2,1-4H3;3*1,3-4H2,2H3;. The third kappa shape index (κ3) is 9.55. The number of unbranched alkanes of at least 4 members (excludes halogenated alkanes) is 3. The Bertz CT molecular complexity index is 826. The number of ether oxygens (including phenoxy) is 3. The minimum atomic E-state index is -2.80. The van der Waals surface area contributed by atoms with Gasteiger partial charge in [-0.1, -0.05) is 0 Å². The average molecular weight is 589 g/mol. The van der Waals surface area contributed by atoms with Crippen LogP contribution in [0.2, 0.25) is 13.3 Å². The molecule has 0 fully saturated rings. The Balaban J connectivity index is 2.67. The molecule has 0 unspecified atom stereocenters. The van der Waals surface area contributed by atoms with Gasteiger partial charge in [0, 0.05) is 0 Å². The molecule has 0 amide bonds. The molecule has 0 saturated carbocycles. The monoisotopic (exact) mass is 590 g/mol. The van der Waals surface area contributed by atoms with Crippen molar-refractivity contribution in [2.24, 2.45) is 0 Å². The summed E-state index contributed by atoms with van der Waals surface area (Å²) in [6.45, 7) is 15.9. The first-order valence-corrected chi connectivity index (χ1v) is 21.5. The Kier molecular flexibility index (Phi) is 13.4. The van der Waals surface area contributed by atoms with Crippen molar-refractivity contribution < 1.29 is 14.2 Å². The fourth-order valence-electron chi connectivity index (χ4n) is 4.83. The zero-order valence-electron chi connectivity index (χ0n) is 23.5. The van der Waals surface area contributed by atoms with Crippen molar-refractivity contribution in [2.75, 3.05) is 0 Å². The number of benzene rings is 2. The predicted octanol–water partition coefficient (Wildman–Crippen LogP) is 8.90. The van der Waals surface area contributed by atoms with E-state index in [4.69, 9.17) is 14.2 Å². The van der Waals surface area contributed by atoms with Crippen LogP contribution >= 0.6 is 0 Å². The van der Waals surface area contributed by atoms with Crippen LogP contribution in [0.4, 0.5) is 0 Å². The second-order valence-corrected chi connectivity index (χ2v) is 23.6. The van der Waals surface area contributed by atoms with E-state index < -0.39 is 18.4 Å². The third-order valence-electron chi connectivity index (χ3n) is 6.61. The molecule has 0 saturated heterocycles. The molecular formula is C31H50O3Sn. The molecule has 4 heteroatoms. The van der Waals surface area contributed by atoms with E-state index in [1.807, 2.05) is 0 Å². The number of hydrogen-bond donors (Lipinski definition) is 0. The van der Waals surface area contributed by atoms with Gasteiger partial charge in [-0.2, -0.15) is 0 Å². The molecule has 0 spiro atoms. The molecule has 0 bridgehead atoms. The molecular weight excluding hydrogens is 539 g/mol. The van der Waals surface area contributed by atoms with E-state index in [0.717, 1.165) is 17.2 Å². The topological polar surface area (TPSA) is 27.7 Å². The predicted molar refractivity (Wildman–Crippen MR) is 153 cm³/mol. The first-order valence-electron chi connectivity index (χ1n) is 14.0. The van der Waals surface area contributed by atoms with Crippen LogP contribution in [0.5, 0.6) is 17.2 Å². The molecule has 2 rings (SSSR count). The molecule has 0 N–H and O–H groups in total. The molecule has 0 aromatic heterocycles. The van der Waals surface area contributed by atoms with E-state index in [-0.39, 0.29) is 12.2 Å². The third-order valence-corrected chi connectivity index (χ3v) is 22.2. The second-order valence-electron chi connectivity index (χ2n) is 10.5. The molecule has 0 aliphatic carbocycles. The summed E-state index contributed by atoms with van der Waals surface area (Å²) in [6.07, 6.45) is 7.86. The van der Waals surface area contributed by atoms with Crippen molar-refractivity contribution in [3.05, 3.63) is 48.0 Å². The summed E-state index contributed by atoms with van der Waals surface area (Å²) < 4.78 is 25.0. The van der Waals surface area contributed by atoms with Gasteiger partial charge >= 0.3 is 221 Å². The fourth-order valence-corrected chi connectivity index (χ4v) is 21.2. The van der Waals surface area contributed by atoms with Crippen LogP contribution in [0.1, 0.15) is 92.6 Å². The SMILES string of the molecule is CCC[CH2][Sn]([CH2]CCC)([CH2]CCC)[c]1cc(OC(C)C)c(OC(C)C)cc1OCc1ccccc1. The van der Waals surface area contributed by atoms with Crippen LogP contribution in [0.3, 0.4) is 0 Å². The van der Waals surface area contributed by atoms with Crippen molar-refractivity contribution >= 4 is 22.0 Å². The average Bonchev–Trinajstić information content (AvgIpc) is 2.84. The maximum absolute atomic E-state index is 6.67. The number of hydrogen-bond acceptors (Lipinski definition) is 3. The fraction of sp³-hybridized carbons (Fsp3) is 0.613. The molecule has 2 aromatic carbocycles. The van der Waals surface area contributed by atoms with Gasteiger partial charge in [-0.3, -0.25) is 0 Å². The van der Waals surface area contributed by atoms with Gasteiger partial charge in [-0.15, -0.1) is 0 Å². The van der Waals surface area contributed by atoms with Crippen molar-refractivity contribution in [1.29, 1.82) is 0 Å². The van der Waals surface area contributed by atoms with E-state index in [9.17, 15) is 0 Å². The van der Waals surface area contributed by atoms with Crippen LogP contribution in [0, 0.1) is 0 Å². The number of rotatable bonds is 17. The Morgan fingerprint density at radius 3 is 1.60 bits per heavy atom. The molecule has 0 aliphatic heterocycles. The molecule has 35 heavy (non-hydrogen) atoms. The van der Waals surface area contributed by atoms with Gasteiger partial charge in [0.25, 0.3) is 0 Å². The van der Waals surface area contributed by atoms with Crippen LogP contribution < -0.4 is 17.8 Å². The van der Waals surface area contributed by atoms with Gasteiger partial charge in [0.2, 0.25) is 0 Å². The van der Waals surface area contributed by atoms with E-state index in [0.29, 0.717) is 6.61 Å². The van der Waals surface area contributed by atoms with E-state index in [1.54, 1.807) is 0 Å². The molecule has 3 nitrogen and oxygen atoms in total. The minimum absolute atomic E-state index is 0.0749. The van der Waals surface area contributed by atoms with Gasteiger partial charge in [-0.05, 0) is 0 Å². The maximum atomic E-state index is 6.67. The summed E-state index contributed by atoms with van der Waals surface area (Å²) in [7, 11) is 0. The summed E-state index contributed by atoms with van der Waals surface area (Å²) in [5, 5.41) is 0. The van der Waals surface area contributed by atoms with Crippen LogP contribution in [0.15, 0.2) is 42.5 Å². The van der Waals surface area contributed by atoms with E-state index >= 15 is 0 Å². The molecule has 2 aromatic rings. The summed E-state index contributed by atoms with van der Waals surface area (Å²) in [5.41, 5.74) is 1.20. The van der Waals surface area contributed by atoms with Crippen LogP contribution in [-0.2, 0) is 6.61 Å². The molecule has 196 valence electrons. The van der Waals surface area contributed by atoms with Crippen LogP contribution in [0.25, 0.3) is 0 Å². The van der Waals surface area contributed by atoms with Gasteiger partial charge < -0.3 is 0 Å². The van der Waals surface area contributed by atoms with E-state index in [2.05, 4.69) is 90.9 Å². The molecule has 0 heterocycles. The zero-order valence-corrected chi connectivity index (χ0v) is 26.3. The van der Waals surface area contributed by atoms with Gasteiger partial charge in [0.05, 0.1) is 0 Å². The van der Waals surface area contributed by atoms with Gasteiger partial charge in [-0.25, -0.2) is 0 Å². The Hall–Kier alpha value is -1.36. The van der Waals surface area contributed by atoms with E-state index in [1.165, 1.54) is 61.0 Å². The van der Waals surface area contributed by atoms with Crippen molar-refractivity contribution in [1.82, 2.24) is 0 Å². The van der Waals surface area contributed by atoms with Crippen molar-refractivity contribution in [2.45, 2.75) is 119 Å². The first-order chi connectivity index (χ1) is 16.8. The Morgan fingerprint density at radius 1 is 0.657 bits per heavy atom. The Morgan fingerprint density at radius 2 is 1.14 bits per heavy atom. The normalized spacial score (nSPS) is 11.8. The van der Waals surface area contributed by atoms with Crippen molar-refractivity contribution in [3.63, 3.8) is 0 Å². The second kappa shape index (κ2) is 15.7. The molecule has 0 radical (unpaired) electrons. The first kappa shape index (κ1) is 29.9. The van der Waals surface area contributed by atoms with Gasteiger partial charge in [0.15, 0.2) is 0 Å². The molecule has 0 atom stereocenters. The quantitative estimate of drug-likeness (QED) is 0.173. The Labute approximate surface area is 219 Å². The van der Waals surface area contributed by atoms with Crippen LogP contribution in [-0.4, -0.2) is 30.6 Å². The summed E-state index contributed by atoms with van der Waals surface area (Å²) in [6, 6.07) is 15.0. The molecule has 0 aliphatic rings. The summed E-state index contributed by atoms with van der Waals surface area (Å²) >= 11 is -2.80.